The van der Waals surface area contributed by atoms with E-state index < -0.39 is 5.54 Å². The van der Waals surface area contributed by atoms with E-state index in [4.69, 9.17) is 9.47 Å². The molecule has 0 radical (unpaired) electrons. The van der Waals surface area contributed by atoms with E-state index >= 15 is 0 Å². The maximum atomic E-state index is 12.6. The molecule has 2 rings (SSSR count). The third kappa shape index (κ3) is 3.19. The van der Waals surface area contributed by atoms with E-state index in [0.29, 0.717) is 11.5 Å². The molecule has 0 aliphatic carbocycles. The molecular formula is C17H26N2O3. The SMILES string of the molecule is CCC1(C(=O)NC(C)c2ccc(OC)c(OC)c2)CCCN1. The van der Waals surface area contributed by atoms with Crippen LogP contribution < -0.4 is 20.1 Å². The Morgan fingerprint density at radius 3 is 2.64 bits per heavy atom. The first-order valence-electron chi connectivity index (χ1n) is 7.84. The number of hydrogen-bond donors (Lipinski definition) is 2. The van der Waals surface area contributed by atoms with Crippen molar-refractivity contribution >= 4 is 5.91 Å². The van der Waals surface area contributed by atoms with Crippen LogP contribution in [0.1, 0.15) is 44.7 Å². The van der Waals surface area contributed by atoms with Crippen LogP contribution in [0, 0.1) is 0 Å². The van der Waals surface area contributed by atoms with Gasteiger partial charge < -0.3 is 20.1 Å². The molecule has 1 fully saturated rings. The number of methoxy groups -OCH3 is 2. The largest absolute Gasteiger partial charge is 0.493 e. The van der Waals surface area contributed by atoms with Crippen molar-refractivity contribution in [3.05, 3.63) is 23.8 Å². The van der Waals surface area contributed by atoms with Gasteiger partial charge in [-0.25, -0.2) is 0 Å². The van der Waals surface area contributed by atoms with Gasteiger partial charge in [-0.3, -0.25) is 4.79 Å². The number of ether oxygens (including phenoxy) is 2. The van der Waals surface area contributed by atoms with Crippen molar-refractivity contribution < 1.29 is 14.3 Å². The van der Waals surface area contributed by atoms with Gasteiger partial charge in [0.1, 0.15) is 0 Å². The van der Waals surface area contributed by atoms with Crippen LogP contribution in [0.4, 0.5) is 0 Å². The van der Waals surface area contributed by atoms with Gasteiger partial charge in [0.05, 0.1) is 25.8 Å². The van der Waals surface area contributed by atoms with Crippen LogP contribution in [0.2, 0.25) is 0 Å². The second-order valence-electron chi connectivity index (χ2n) is 5.78. The van der Waals surface area contributed by atoms with Crippen LogP contribution in [0.25, 0.3) is 0 Å². The molecule has 0 bridgehead atoms. The summed E-state index contributed by atoms with van der Waals surface area (Å²) in [7, 11) is 3.22. The van der Waals surface area contributed by atoms with Crippen molar-refractivity contribution in [3.8, 4) is 11.5 Å². The fraction of sp³-hybridized carbons (Fsp3) is 0.588. The summed E-state index contributed by atoms with van der Waals surface area (Å²) in [6.07, 6.45) is 2.75. The number of amides is 1. The molecule has 0 aromatic heterocycles. The van der Waals surface area contributed by atoms with Crippen molar-refractivity contribution in [1.29, 1.82) is 0 Å². The van der Waals surface area contributed by atoms with Crippen LogP contribution in [-0.2, 0) is 4.79 Å². The summed E-state index contributed by atoms with van der Waals surface area (Å²) >= 11 is 0. The molecule has 2 atom stereocenters. The van der Waals surface area contributed by atoms with Crippen molar-refractivity contribution in [2.45, 2.75) is 44.7 Å². The highest BCUT2D eigenvalue weighted by atomic mass is 16.5. The zero-order valence-corrected chi connectivity index (χ0v) is 13.9. The molecule has 1 aliphatic heterocycles. The summed E-state index contributed by atoms with van der Waals surface area (Å²) in [5, 5.41) is 6.48. The third-order valence-electron chi connectivity index (χ3n) is 4.54. The minimum absolute atomic E-state index is 0.0785. The molecule has 1 aliphatic rings. The van der Waals surface area contributed by atoms with E-state index in [1.807, 2.05) is 25.1 Å². The second-order valence-corrected chi connectivity index (χ2v) is 5.78. The summed E-state index contributed by atoms with van der Waals surface area (Å²) in [6, 6.07) is 5.63. The van der Waals surface area contributed by atoms with Crippen LogP contribution in [0.3, 0.4) is 0 Å². The average molecular weight is 306 g/mol. The molecule has 2 N–H and O–H groups in total. The van der Waals surface area contributed by atoms with Gasteiger partial charge in [0.25, 0.3) is 0 Å². The number of carbonyl (C=O) groups is 1. The van der Waals surface area contributed by atoms with Gasteiger partial charge in [-0.1, -0.05) is 13.0 Å². The summed E-state index contributed by atoms with van der Waals surface area (Å²) < 4.78 is 10.6. The van der Waals surface area contributed by atoms with E-state index in [9.17, 15) is 4.79 Å². The first kappa shape index (κ1) is 16.6. The molecule has 1 amide bonds. The predicted octanol–water partition coefficient (Wildman–Crippen LogP) is 2.41. The maximum Gasteiger partial charge on any atom is 0.240 e. The minimum Gasteiger partial charge on any atom is -0.493 e. The molecule has 122 valence electrons. The zero-order valence-electron chi connectivity index (χ0n) is 13.9. The van der Waals surface area contributed by atoms with Gasteiger partial charge in [0.2, 0.25) is 5.91 Å². The van der Waals surface area contributed by atoms with E-state index in [1.54, 1.807) is 14.2 Å². The van der Waals surface area contributed by atoms with Crippen molar-refractivity contribution in [2.24, 2.45) is 0 Å². The molecule has 1 aromatic rings. The van der Waals surface area contributed by atoms with Crippen molar-refractivity contribution in [3.63, 3.8) is 0 Å². The molecular weight excluding hydrogens is 280 g/mol. The highest BCUT2D eigenvalue weighted by Crippen LogP contribution is 2.30. The molecule has 0 saturated carbocycles. The van der Waals surface area contributed by atoms with E-state index in [1.165, 1.54) is 0 Å². The smallest absolute Gasteiger partial charge is 0.240 e. The van der Waals surface area contributed by atoms with Gasteiger partial charge in [0, 0.05) is 0 Å². The van der Waals surface area contributed by atoms with E-state index in [-0.39, 0.29) is 11.9 Å². The number of rotatable bonds is 6. The highest BCUT2D eigenvalue weighted by molar-refractivity contribution is 5.87. The maximum absolute atomic E-state index is 12.6. The van der Waals surface area contributed by atoms with E-state index in [0.717, 1.165) is 31.4 Å². The lowest BCUT2D eigenvalue weighted by Crippen LogP contribution is -2.53. The Balaban J connectivity index is 2.11. The summed E-state index contributed by atoms with van der Waals surface area (Å²) in [5.41, 5.74) is 0.584. The topological polar surface area (TPSA) is 59.6 Å². The normalized spacial score (nSPS) is 22.2. The van der Waals surface area contributed by atoms with Crippen LogP contribution in [0.15, 0.2) is 18.2 Å². The standard InChI is InChI=1S/C17H26N2O3/c1-5-17(9-6-10-18-17)16(20)19-12(2)13-7-8-14(21-3)15(11-13)22-4/h7-8,11-12,18H,5-6,9-10H2,1-4H3,(H,19,20). The second kappa shape index (κ2) is 7.01. The Bertz CT molecular complexity index is 525. The van der Waals surface area contributed by atoms with Gasteiger partial charge >= 0.3 is 0 Å². The van der Waals surface area contributed by atoms with E-state index in [2.05, 4.69) is 17.6 Å². The van der Waals surface area contributed by atoms with Crippen LogP contribution >= 0.6 is 0 Å². The van der Waals surface area contributed by atoms with Crippen LogP contribution in [-0.4, -0.2) is 32.2 Å². The molecule has 2 unspecified atom stereocenters. The van der Waals surface area contributed by atoms with Crippen LogP contribution in [0.5, 0.6) is 11.5 Å². The number of hydrogen-bond acceptors (Lipinski definition) is 4. The molecule has 5 nitrogen and oxygen atoms in total. The zero-order chi connectivity index (χ0) is 16.2. The number of nitrogens with one attached hydrogen (secondary N) is 2. The number of benzene rings is 1. The molecule has 1 aromatic carbocycles. The van der Waals surface area contributed by atoms with Crippen molar-refractivity contribution in [1.82, 2.24) is 10.6 Å². The lowest BCUT2D eigenvalue weighted by Gasteiger charge is -2.29. The predicted molar refractivity (Wildman–Crippen MR) is 86.4 cm³/mol. The van der Waals surface area contributed by atoms with Gasteiger partial charge in [0.15, 0.2) is 11.5 Å². The monoisotopic (exact) mass is 306 g/mol. The summed E-state index contributed by atoms with van der Waals surface area (Å²) in [6.45, 7) is 4.95. The van der Waals surface area contributed by atoms with Gasteiger partial charge in [-0.15, -0.1) is 0 Å². The Kier molecular flexibility index (Phi) is 5.29. The Morgan fingerprint density at radius 2 is 2.09 bits per heavy atom. The molecule has 5 heteroatoms. The third-order valence-corrected chi connectivity index (χ3v) is 4.54. The Morgan fingerprint density at radius 1 is 1.36 bits per heavy atom. The lowest BCUT2D eigenvalue weighted by molar-refractivity contribution is -0.128. The highest BCUT2D eigenvalue weighted by Gasteiger charge is 2.39. The lowest BCUT2D eigenvalue weighted by atomic mass is 9.92. The van der Waals surface area contributed by atoms with Crippen molar-refractivity contribution in [2.75, 3.05) is 20.8 Å². The summed E-state index contributed by atoms with van der Waals surface area (Å²) in [4.78, 5) is 12.6. The quantitative estimate of drug-likeness (QED) is 0.847. The molecule has 1 heterocycles. The summed E-state index contributed by atoms with van der Waals surface area (Å²) in [5.74, 6) is 1.44. The first-order chi connectivity index (χ1) is 10.6. The molecule has 22 heavy (non-hydrogen) atoms. The minimum atomic E-state index is -0.412. The fourth-order valence-electron chi connectivity index (χ4n) is 3.00. The fourth-order valence-corrected chi connectivity index (χ4v) is 3.00. The van der Waals surface area contributed by atoms with Gasteiger partial charge in [-0.2, -0.15) is 0 Å². The Hall–Kier alpha value is -1.75. The first-order valence-corrected chi connectivity index (χ1v) is 7.84. The Labute approximate surface area is 132 Å². The molecule has 0 spiro atoms. The molecule has 1 saturated heterocycles. The number of carbonyl (C=O) groups excluding carboxylic acids is 1. The average Bonchev–Trinajstić information content (AvgIpc) is 3.04. The van der Waals surface area contributed by atoms with Gasteiger partial charge in [-0.05, 0) is 50.4 Å².